The number of nitrogens with one attached hydrogen (secondary N) is 1. The average molecular weight is 557 g/mol. The van der Waals surface area contributed by atoms with E-state index < -0.39 is 0 Å². The molecule has 0 atom stereocenters. The molecule has 2 aromatic heterocycles. The lowest BCUT2D eigenvalue weighted by Gasteiger charge is -2.27. The van der Waals surface area contributed by atoms with E-state index in [2.05, 4.69) is 15.2 Å². The number of morpholine rings is 1. The number of aryl methyl sites for hydroxylation is 1. The number of rotatable bonds is 9. The standard InChI is InChI=1S/C30H38ClFN4O3/c1-2-26-28(36-20-23(31)9-10-27(36)34-26)30(37)33-19-21-17-24(22-7-5-3-4-6-8-22)29(25(32)18-21)39-16-13-35-11-14-38-15-12-35/h9-10,17-18,20,22H,2-8,11-16,19H2,1H3,(H,33,37). The Kier molecular flexibility index (Phi) is 9.37. The van der Waals surface area contributed by atoms with Gasteiger partial charge in [-0.1, -0.05) is 44.2 Å². The molecule has 5 rings (SSSR count). The highest BCUT2D eigenvalue weighted by atomic mass is 35.5. The van der Waals surface area contributed by atoms with E-state index in [1.54, 1.807) is 22.7 Å². The van der Waals surface area contributed by atoms with Crippen molar-refractivity contribution in [1.82, 2.24) is 19.6 Å². The van der Waals surface area contributed by atoms with E-state index in [0.29, 0.717) is 40.8 Å². The molecule has 1 saturated heterocycles. The number of carbonyl (C=O) groups is 1. The summed E-state index contributed by atoms with van der Waals surface area (Å²) in [6.07, 6.45) is 9.06. The summed E-state index contributed by atoms with van der Waals surface area (Å²) in [4.78, 5) is 20.2. The van der Waals surface area contributed by atoms with Crippen molar-refractivity contribution in [3.63, 3.8) is 0 Å². The Morgan fingerprint density at radius 1 is 1.18 bits per heavy atom. The van der Waals surface area contributed by atoms with Crippen molar-refractivity contribution in [2.45, 2.75) is 64.3 Å². The van der Waals surface area contributed by atoms with Gasteiger partial charge >= 0.3 is 0 Å². The number of nitrogens with zero attached hydrogens (tertiary/aromatic N) is 3. The summed E-state index contributed by atoms with van der Waals surface area (Å²) in [6, 6.07) is 7.09. The number of carbonyl (C=O) groups excluding carboxylic acids is 1. The molecule has 7 nitrogen and oxygen atoms in total. The van der Waals surface area contributed by atoms with Gasteiger partial charge in [-0.05, 0) is 55.0 Å². The van der Waals surface area contributed by atoms with Gasteiger partial charge in [-0.2, -0.15) is 0 Å². The molecule has 9 heteroatoms. The number of ether oxygens (including phenoxy) is 2. The van der Waals surface area contributed by atoms with Crippen LogP contribution in [0.25, 0.3) is 5.65 Å². The third-order valence-corrected chi connectivity index (χ3v) is 8.07. The van der Waals surface area contributed by atoms with Crippen LogP contribution in [-0.2, 0) is 17.7 Å². The first-order chi connectivity index (χ1) is 19.0. The molecule has 1 aromatic carbocycles. The van der Waals surface area contributed by atoms with E-state index in [1.165, 1.54) is 18.9 Å². The summed E-state index contributed by atoms with van der Waals surface area (Å²) in [7, 11) is 0. The molecule has 1 amide bonds. The van der Waals surface area contributed by atoms with Crippen LogP contribution < -0.4 is 10.1 Å². The molecule has 2 fully saturated rings. The maximum Gasteiger partial charge on any atom is 0.270 e. The Balaban J connectivity index is 1.35. The maximum atomic E-state index is 15.6. The van der Waals surface area contributed by atoms with E-state index in [0.717, 1.165) is 69.7 Å². The SMILES string of the molecule is CCc1nc2ccc(Cl)cn2c1C(=O)NCc1cc(F)c(OCCN2CCOCC2)c(C2CCCCCC2)c1. The zero-order valence-electron chi connectivity index (χ0n) is 22.7. The van der Waals surface area contributed by atoms with E-state index in [4.69, 9.17) is 21.1 Å². The zero-order chi connectivity index (χ0) is 27.2. The first-order valence-electron chi connectivity index (χ1n) is 14.2. The van der Waals surface area contributed by atoms with Gasteiger partial charge < -0.3 is 14.8 Å². The van der Waals surface area contributed by atoms with E-state index in [-0.39, 0.29) is 24.2 Å². The molecular formula is C30H38ClFN4O3. The minimum absolute atomic E-state index is 0.209. The molecule has 0 spiro atoms. The van der Waals surface area contributed by atoms with Crippen LogP contribution in [0, 0.1) is 5.82 Å². The third-order valence-electron chi connectivity index (χ3n) is 7.84. The van der Waals surface area contributed by atoms with Crippen molar-refractivity contribution in [3.05, 3.63) is 63.8 Å². The quantitative estimate of drug-likeness (QED) is 0.339. The van der Waals surface area contributed by atoms with Crippen LogP contribution in [0.5, 0.6) is 5.75 Å². The van der Waals surface area contributed by atoms with Gasteiger partial charge in [-0.15, -0.1) is 0 Å². The number of hydrogen-bond donors (Lipinski definition) is 1. The molecule has 0 bridgehead atoms. The Morgan fingerprint density at radius 2 is 1.95 bits per heavy atom. The van der Waals surface area contributed by atoms with Crippen LogP contribution in [0.1, 0.15) is 78.7 Å². The molecule has 0 radical (unpaired) electrons. The maximum absolute atomic E-state index is 15.6. The highest BCUT2D eigenvalue weighted by Crippen LogP contribution is 2.39. The van der Waals surface area contributed by atoms with E-state index in [1.807, 2.05) is 13.0 Å². The van der Waals surface area contributed by atoms with Gasteiger partial charge in [0.05, 0.1) is 23.9 Å². The fourth-order valence-corrected chi connectivity index (χ4v) is 5.90. The van der Waals surface area contributed by atoms with Crippen LogP contribution in [0.3, 0.4) is 0 Å². The summed E-state index contributed by atoms with van der Waals surface area (Å²) in [5.41, 5.74) is 3.48. The Labute approximate surface area is 234 Å². The summed E-state index contributed by atoms with van der Waals surface area (Å²) in [5.74, 6) is 0.00117. The Bertz CT molecular complexity index is 1280. The molecule has 1 aliphatic heterocycles. The fraction of sp³-hybridized carbons (Fsp3) is 0.533. The number of fused-ring (bicyclic) bond motifs is 1. The van der Waals surface area contributed by atoms with Crippen molar-refractivity contribution in [2.24, 2.45) is 0 Å². The van der Waals surface area contributed by atoms with Gasteiger partial charge in [0.2, 0.25) is 0 Å². The zero-order valence-corrected chi connectivity index (χ0v) is 23.4. The molecule has 3 heterocycles. The summed E-state index contributed by atoms with van der Waals surface area (Å²) in [5, 5.41) is 3.52. The second-order valence-corrected chi connectivity index (χ2v) is 10.9. The Hall–Kier alpha value is -2.68. The van der Waals surface area contributed by atoms with Crippen molar-refractivity contribution < 1.29 is 18.7 Å². The topological polar surface area (TPSA) is 68.1 Å². The molecule has 2 aliphatic rings. The second-order valence-electron chi connectivity index (χ2n) is 10.5. The van der Waals surface area contributed by atoms with Crippen molar-refractivity contribution in [3.8, 4) is 5.75 Å². The van der Waals surface area contributed by atoms with Crippen LogP contribution >= 0.6 is 11.6 Å². The van der Waals surface area contributed by atoms with Gasteiger partial charge in [-0.3, -0.25) is 14.1 Å². The first kappa shape index (κ1) is 27.9. The lowest BCUT2D eigenvalue weighted by atomic mass is 9.89. The van der Waals surface area contributed by atoms with Crippen LogP contribution in [0.4, 0.5) is 4.39 Å². The van der Waals surface area contributed by atoms with Crippen LogP contribution in [-0.4, -0.2) is 59.6 Å². The monoisotopic (exact) mass is 556 g/mol. The van der Waals surface area contributed by atoms with Gasteiger partial charge in [0, 0.05) is 37.9 Å². The Morgan fingerprint density at radius 3 is 2.69 bits per heavy atom. The second kappa shape index (κ2) is 13.1. The summed E-state index contributed by atoms with van der Waals surface area (Å²) >= 11 is 6.19. The highest BCUT2D eigenvalue weighted by Gasteiger charge is 2.24. The van der Waals surface area contributed by atoms with E-state index in [9.17, 15) is 4.79 Å². The number of pyridine rings is 1. The molecule has 1 aliphatic carbocycles. The number of hydrogen-bond acceptors (Lipinski definition) is 5. The minimum Gasteiger partial charge on any atom is -0.489 e. The molecule has 39 heavy (non-hydrogen) atoms. The van der Waals surface area contributed by atoms with Gasteiger partial charge in [0.1, 0.15) is 17.9 Å². The smallest absolute Gasteiger partial charge is 0.270 e. The summed E-state index contributed by atoms with van der Waals surface area (Å²) < 4.78 is 28.9. The van der Waals surface area contributed by atoms with Crippen molar-refractivity contribution in [2.75, 3.05) is 39.5 Å². The lowest BCUT2D eigenvalue weighted by Crippen LogP contribution is -2.38. The van der Waals surface area contributed by atoms with Crippen LogP contribution in [0.15, 0.2) is 30.5 Å². The number of benzene rings is 1. The average Bonchev–Trinajstić information content (AvgIpc) is 3.10. The summed E-state index contributed by atoms with van der Waals surface area (Å²) in [6.45, 7) is 6.55. The van der Waals surface area contributed by atoms with Gasteiger partial charge in [0.15, 0.2) is 11.6 Å². The van der Waals surface area contributed by atoms with Crippen molar-refractivity contribution >= 4 is 23.2 Å². The van der Waals surface area contributed by atoms with E-state index >= 15 is 4.39 Å². The molecule has 1 N–H and O–H groups in total. The molecule has 3 aromatic rings. The lowest BCUT2D eigenvalue weighted by molar-refractivity contribution is 0.0319. The first-order valence-corrected chi connectivity index (χ1v) is 14.6. The van der Waals surface area contributed by atoms with Gasteiger partial charge in [0.25, 0.3) is 5.91 Å². The number of imidazole rings is 1. The minimum atomic E-state index is -0.362. The molecule has 210 valence electrons. The largest absolute Gasteiger partial charge is 0.489 e. The van der Waals surface area contributed by atoms with Crippen LogP contribution in [0.2, 0.25) is 5.02 Å². The van der Waals surface area contributed by atoms with Crippen molar-refractivity contribution in [1.29, 1.82) is 0 Å². The predicted octanol–water partition coefficient (Wildman–Crippen LogP) is 5.77. The van der Waals surface area contributed by atoms with Gasteiger partial charge in [-0.25, -0.2) is 9.37 Å². The molecule has 0 unspecified atom stereocenters. The number of amides is 1. The number of aromatic nitrogens is 2. The molecular weight excluding hydrogens is 519 g/mol. The normalized spacial score (nSPS) is 17.3. The third kappa shape index (κ3) is 6.73. The number of halogens is 2. The highest BCUT2D eigenvalue weighted by molar-refractivity contribution is 6.30. The molecule has 1 saturated carbocycles. The fourth-order valence-electron chi connectivity index (χ4n) is 5.74. The predicted molar refractivity (Wildman–Crippen MR) is 150 cm³/mol.